The van der Waals surface area contributed by atoms with Crippen molar-refractivity contribution in [1.82, 2.24) is 10.2 Å². The van der Waals surface area contributed by atoms with E-state index in [0.29, 0.717) is 25.6 Å². The second-order valence-electron chi connectivity index (χ2n) is 7.10. The molecule has 0 bridgehead atoms. The number of nitrogens with zero attached hydrogens (tertiary/aromatic N) is 1. The van der Waals surface area contributed by atoms with Gasteiger partial charge in [-0.15, -0.1) is 0 Å². The Kier molecular flexibility index (Phi) is 5.91. The van der Waals surface area contributed by atoms with Gasteiger partial charge in [0.1, 0.15) is 0 Å². The Balaban J connectivity index is 1.44. The third-order valence-corrected chi connectivity index (χ3v) is 5.45. The number of amides is 3. The average molecular weight is 344 g/mol. The van der Waals surface area contributed by atoms with Gasteiger partial charge in [-0.1, -0.05) is 24.6 Å². The predicted octanol–water partition coefficient (Wildman–Crippen LogP) is 2.17. The SMILES string of the molecule is NC[C@H]1CCC[C@H]1C(=O)N1CCC(NC(=O)Nc2ccccc2)CC1. The number of rotatable bonds is 4. The normalized spacial score (nSPS) is 24.1. The zero-order valence-corrected chi connectivity index (χ0v) is 14.6. The van der Waals surface area contributed by atoms with Gasteiger partial charge in [-0.05, 0) is 50.3 Å². The average Bonchev–Trinajstić information content (AvgIpc) is 3.11. The van der Waals surface area contributed by atoms with E-state index in [9.17, 15) is 9.59 Å². The lowest BCUT2D eigenvalue weighted by Gasteiger charge is -2.35. The summed E-state index contributed by atoms with van der Waals surface area (Å²) in [5, 5.41) is 5.85. The molecule has 1 heterocycles. The van der Waals surface area contributed by atoms with Gasteiger partial charge in [0.05, 0.1) is 0 Å². The number of para-hydroxylation sites is 1. The van der Waals surface area contributed by atoms with Crippen LogP contribution < -0.4 is 16.4 Å². The lowest BCUT2D eigenvalue weighted by molar-refractivity contribution is -0.137. The minimum absolute atomic E-state index is 0.107. The highest BCUT2D eigenvalue weighted by Crippen LogP contribution is 2.33. The second-order valence-corrected chi connectivity index (χ2v) is 7.10. The van der Waals surface area contributed by atoms with Crippen molar-refractivity contribution in [2.24, 2.45) is 17.6 Å². The molecule has 0 radical (unpaired) electrons. The van der Waals surface area contributed by atoms with E-state index in [4.69, 9.17) is 5.73 Å². The van der Waals surface area contributed by atoms with Gasteiger partial charge in [0.2, 0.25) is 5.91 Å². The maximum Gasteiger partial charge on any atom is 0.319 e. The summed E-state index contributed by atoms with van der Waals surface area (Å²) in [6, 6.07) is 9.33. The van der Waals surface area contributed by atoms with Crippen LogP contribution >= 0.6 is 0 Å². The molecule has 0 aromatic heterocycles. The van der Waals surface area contributed by atoms with E-state index in [1.54, 1.807) is 0 Å². The van der Waals surface area contributed by atoms with Gasteiger partial charge in [-0.3, -0.25) is 4.79 Å². The van der Waals surface area contributed by atoms with Crippen molar-refractivity contribution in [3.05, 3.63) is 30.3 Å². The third kappa shape index (κ3) is 4.51. The summed E-state index contributed by atoms with van der Waals surface area (Å²) in [4.78, 5) is 26.7. The molecule has 0 unspecified atom stereocenters. The fourth-order valence-corrected chi connectivity index (χ4v) is 4.00. The highest BCUT2D eigenvalue weighted by Gasteiger charge is 2.35. The van der Waals surface area contributed by atoms with Crippen LogP contribution in [-0.2, 0) is 4.79 Å². The van der Waals surface area contributed by atoms with Crippen LogP contribution in [0, 0.1) is 11.8 Å². The molecule has 4 N–H and O–H groups in total. The summed E-state index contributed by atoms with van der Waals surface area (Å²) < 4.78 is 0. The first-order valence-electron chi connectivity index (χ1n) is 9.29. The van der Waals surface area contributed by atoms with Gasteiger partial charge in [-0.25, -0.2) is 4.79 Å². The van der Waals surface area contributed by atoms with Crippen molar-refractivity contribution < 1.29 is 9.59 Å². The van der Waals surface area contributed by atoms with E-state index in [1.165, 1.54) is 0 Å². The highest BCUT2D eigenvalue weighted by molar-refractivity contribution is 5.89. The Labute approximate surface area is 149 Å². The number of hydrogen-bond acceptors (Lipinski definition) is 3. The quantitative estimate of drug-likeness (QED) is 0.782. The summed E-state index contributed by atoms with van der Waals surface area (Å²) in [6.07, 6.45) is 4.75. The largest absolute Gasteiger partial charge is 0.342 e. The number of nitrogens with two attached hydrogens (primary N) is 1. The zero-order valence-electron chi connectivity index (χ0n) is 14.6. The smallest absolute Gasteiger partial charge is 0.319 e. The molecule has 1 saturated heterocycles. The molecule has 25 heavy (non-hydrogen) atoms. The van der Waals surface area contributed by atoms with E-state index in [1.807, 2.05) is 35.2 Å². The molecule has 6 heteroatoms. The van der Waals surface area contributed by atoms with Crippen LogP contribution in [0.15, 0.2) is 30.3 Å². The molecule has 1 aromatic rings. The Morgan fingerprint density at radius 3 is 2.48 bits per heavy atom. The number of urea groups is 1. The fourth-order valence-electron chi connectivity index (χ4n) is 4.00. The molecule has 2 aliphatic rings. The van der Waals surface area contributed by atoms with Gasteiger partial charge >= 0.3 is 6.03 Å². The molecule has 2 fully saturated rings. The summed E-state index contributed by atoms with van der Waals surface area (Å²) in [6.45, 7) is 2.03. The maximum atomic E-state index is 12.7. The van der Waals surface area contributed by atoms with Crippen molar-refractivity contribution in [3.63, 3.8) is 0 Å². The lowest BCUT2D eigenvalue weighted by Crippen LogP contribution is -2.49. The Morgan fingerprint density at radius 2 is 1.80 bits per heavy atom. The molecule has 3 rings (SSSR count). The summed E-state index contributed by atoms with van der Waals surface area (Å²) >= 11 is 0. The van der Waals surface area contributed by atoms with Gasteiger partial charge in [0, 0.05) is 30.7 Å². The maximum absolute atomic E-state index is 12.7. The van der Waals surface area contributed by atoms with E-state index in [2.05, 4.69) is 10.6 Å². The lowest BCUT2D eigenvalue weighted by atomic mass is 9.93. The van der Waals surface area contributed by atoms with Crippen LogP contribution in [0.1, 0.15) is 32.1 Å². The van der Waals surface area contributed by atoms with Crippen LogP contribution in [0.2, 0.25) is 0 Å². The molecular weight excluding hydrogens is 316 g/mol. The number of anilines is 1. The first-order chi connectivity index (χ1) is 12.2. The number of nitrogens with one attached hydrogen (secondary N) is 2. The minimum atomic E-state index is -0.185. The summed E-state index contributed by atoms with van der Waals surface area (Å²) in [5.41, 5.74) is 6.59. The number of piperidine rings is 1. The topological polar surface area (TPSA) is 87.5 Å². The van der Waals surface area contributed by atoms with E-state index in [-0.39, 0.29) is 23.9 Å². The number of benzene rings is 1. The fraction of sp³-hybridized carbons (Fsp3) is 0.579. The van der Waals surface area contributed by atoms with Crippen LogP contribution in [-0.4, -0.2) is 42.5 Å². The van der Waals surface area contributed by atoms with Gasteiger partial charge in [-0.2, -0.15) is 0 Å². The van der Waals surface area contributed by atoms with Crippen LogP contribution in [0.3, 0.4) is 0 Å². The van der Waals surface area contributed by atoms with Crippen molar-refractivity contribution in [2.45, 2.75) is 38.1 Å². The molecule has 3 amide bonds. The molecule has 6 nitrogen and oxygen atoms in total. The number of likely N-dealkylation sites (tertiary alicyclic amines) is 1. The summed E-state index contributed by atoms with van der Waals surface area (Å²) in [7, 11) is 0. The standard InChI is InChI=1S/C19H28N4O2/c20-13-14-5-4-8-17(14)18(24)23-11-9-16(10-12-23)22-19(25)21-15-6-2-1-3-7-15/h1-3,6-7,14,16-17H,4-5,8-13,20H2,(H2,21,22,25)/t14-,17-/m1/s1. The number of hydrogen-bond donors (Lipinski definition) is 3. The first-order valence-corrected chi connectivity index (χ1v) is 9.29. The highest BCUT2D eigenvalue weighted by atomic mass is 16.2. The van der Waals surface area contributed by atoms with Crippen LogP contribution in [0.25, 0.3) is 0 Å². The molecule has 136 valence electrons. The zero-order chi connectivity index (χ0) is 17.6. The molecule has 1 saturated carbocycles. The molecule has 2 atom stereocenters. The molecule has 1 aromatic carbocycles. The van der Waals surface area contributed by atoms with E-state index < -0.39 is 0 Å². The van der Waals surface area contributed by atoms with Crippen molar-refractivity contribution in [2.75, 3.05) is 25.0 Å². The van der Waals surface area contributed by atoms with Gasteiger partial charge < -0.3 is 21.3 Å². The van der Waals surface area contributed by atoms with Gasteiger partial charge in [0.25, 0.3) is 0 Å². The van der Waals surface area contributed by atoms with E-state index >= 15 is 0 Å². The molecule has 0 spiro atoms. The van der Waals surface area contributed by atoms with Crippen LogP contribution in [0.5, 0.6) is 0 Å². The molecule has 1 aliphatic carbocycles. The predicted molar refractivity (Wildman–Crippen MR) is 98.1 cm³/mol. The summed E-state index contributed by atoms with van der Waals surface area (Å²) in [5.74, 6) is 0.719. The first kappa shape index (κ1) is 17.7. The van der Waals surface area contributed by atoms with Crippen molar-refractivity contribution in [3.8, 4) is 0 Å². The number of carbonyl (C=O) groups is 2. The Bertz CT molecular complexity index is 584. The third-order valence-electron chi connectivity index (χ3n) is 5.45. The monoisotopic (exact) mass is 344 g/mol. The van der Waals surface area contributed by atoms with Gasteiger partial charge in [0.15, 0.2) is 0 Å². The molecule has 1 aliphatic heterocycles. The Hall–Kier alpha value is -2.08. The second kappa shape index (κ2) is 8.34. The molecular formula is C19H28N4O2. The van der Waals surface area contributed by atoms with Crippen molar-refractivity contribution in [1.29, 1.82) is 0 Å². The van der Waals surface area contributed by atoms with Crippen LogP contribution in [0.4, 0.5) is 10.5 Å². The number of carbonyl (C=O) groups excluding carboxylic acids is 2. The van der Waals surface area contributed by atoms with E-state index in [0.717, 1.165) is 37.8 Å². The van der Waals surface area contributed by atoms with Crippen molar-refractivity contribution >= 4 is 17.6 Å². The minimum Gasteiger partial charge on any atom is -0.342 e. The Morgan fingerprint density at radius 1 is 1.08 bits per heavy atom.